The zero-order chi connectivity index (χ0) is 15.3. The van der Waals surface area contributed by atoms with Crippen LogP contribution < -0.4 is 5.32 Å². The van der Waals surface area contributed by atoms with Gasteiger partial charge in [-0.1, -0.05) is 0 Å². The van der Waals surface area contributed by atoms with Crippen molar-refractivity contribution >= 4 is 11.9 Å². The summed E-state index contributed by atoms with van der Waals surface area (Å²) in [5.74, 6) is 0.0771. The molecule has 3 amide bonds. The Labute approximate surface area is 121 Å². The van der Waals surface area contributed by atoms with Crippen LogP contribution in [-0.4, -0.2) is 51.4 Å². The Morgan fingerprint density at radius 2 is 1.65 bits per heavy atom. The number of hydrogen-bond donors (Lipinski definition) is 1. The minimum Gasteiger partial charge on any atom is -0.336 e. The average molecular weight is 281 g/mol. The van der Waals surface area contributed by atoms with E-state index < -0.39 is 0 Å². The van der Waals surface area contributed by atoms with Gasteiger partial charge in [0.25, 0.3) is 0 Å². The molecule has 2 saturated heterocycles. The van der Waals surface area contributed by atoms with Gasteiger partial charge in [-0.25, -0.2) is 4.79 Å². The molecule has 0 aliphatic carbocycles. The smallest absolute Gasteiger partial charge is 0.318 e. The lowest BCUT2D eigenvalue weighted by Gasteiger charge is -2.41. The van der Waals surface area contributed by atoms with Crippen LogP contribution in [0.4, 0.5) is 4.79 Å². The van der Waals surface area contributed by atoms with Crippen LogP contribution >= 0.6 is 0 Å². The monoisotopic (exact) mass is 281 g/mol. The second kappa shape index (κ2) is 4.64. The number of amides is 3. The third-order valence-corrected chi connectivity index (χ3v) is 4.14. The van der Waals surface area contributed by atoms with Gasteiger partial charge in [0.1, 0.15) is 6.04 Å². The maximum atomic E-state index is 13.0. The van der Waals surface area contributed by atoms with E-state index in [-0.39, 0.29) is 35.1 Å². The molecule has 2 heterocycles. The lowest BCUT2D eigenvalue weighted by Crippen LogP contribution is -2.58. The fraction of sp³-hybridized carbons (Fsp3) is 0.867. The Kier molecular flexibility index (Phi) is 3.51. The Balaban J connectivity index is 2.38. The number of hydrogen-bond acceptors (Lipinski definition) is 2. The lowest BCUT2D eigenvalue weighted by atomic mass is 9.98. The van der Waals surface area contributed by atoms with Crippen molar-refractivity contribution in [3.63, 3.8) is 0 Å². The first kappa shape index (κ1) is 15.1. The molecular weight excluding hydrogens is 254 g/mol. The van der Waals surface area contributed by atoms with Crippen LogP contribution in [0.15, 0.2) is 0 Å². The third-order valence-electron chi connectivity index (χ3n) is 4.14. The lowest BCUT2D eigenvalue weighted by molar-refractivity contribution is -0.141. The molecule has 2 aliphatic rings. The van der Waals surface area contributed by atoms with Gasteiger partial charge in [0.2, 0.25) is 5.91 Å². The molecular formula is C15H27N3O2. The van der Waals surface area contributed by atoms with Gasteiger partial charge in [-0.05, 0) is 54.4 Å². The molecule has 0 aromatic carbocycles. The fourth-order valence-corrected chi connectivity index (χ4v) is 3.25. The summed E-state index contributed by atoms with van der Waals surface area (Å²) in [6, 6.07) is -0.539. The van der Waals surface area contributed by atoms with Gasteiger partial charge in [0, 0.05) is 17.6 Å². The molecule has 2 unspecified atom stereocenters. The maximum absolute atomic E-state index is 13.0. The number of likely N-dealkylation sites (tertiary alicyclic amines) is 1. The summed E-state index contributed by atoms with van der Waals surface area (Å²) in [6.45, 7) is 12.9. The van der Waals surface area contributed by atoms with E-state index in [2.05, 4.69) is 26.1 Å². The number of nitrogens with one attached hydrogen (secondary N) is 1. The van der Waals surface area contributed by atoms with Crippen molar-refractivity contribution in [3.05, 3.63) is 0 Å². The largest absolute Gasteiger partial charge is 0.336 e. The second-order valence-corrected chi connectivity index (χ2v) is 7.84. The summed E-state index contributed by atoms with van der Waals surface area (Å²) >= 11 is 0. The molecule has 0 spiro atoms. The van der Waals surface area contributed by atoms with Crippen molar-refractivity contribution in [1.82, 2.24) is 15.1 Å². The van der Waals surface area contributed by atoms with Gasteiger partial charge in [-0.3, -0.25) is 4.79 Å². The Bertz CT molecular complexity index is 420. The molecule has 2 atom stereocenters. The van der Waals surface area contributed by atoms with Crippen LogP contribution in [0.2, 0.25) is 0 Å². The molecule has 0 aromatic rings. The van der Waals surface area contributed by atoms with Crippen molar-refractivity contribution in [2.24, 2.45) is 0 Å². The van der Waals surface area contributed by atoms with Gasteiger partial charge in [0.15, 0.2) is 0 Å². The molecule has 0 aromatic heterocycles. The van der Waals surface area contributed by atoms with Crippen LogP contribution in [0, 0.1) is 0 Å². The molecule has 0 bridgehead atoms. The predicted octanol–water partition coefficient (Wildman–Crippen LogP) is 1.97. The second-order valence-electron chi connectivity index (χ2n) is 7.84. The van der Waals surface area contributed by atoms with E-state index in [0.717, 1.165) is 19.4 Å². The zero-order valence-corrected chi connectivity index (χ0v) is 13.5. The number of carbonyl (C=O) groups is 2. The van der Waals surface area contributed by atoms with Crippen LogP contribution in [0.1, 0.15) is 54.4 Å². The van der Waals surface area contributed by atoms with E-state index in [4.69, 9.17) is 0 Å². The normalized spacial score (nSPS) is 28.3. The van der Waals surface area contributed by atoms with E-state index in [1.807, 2.05) is 25.7 Å². The molecule has 2 fully saturated rings. The highest BCUT2D eigenvalue weighted by Crippen LogP contribution is 2.31. The summed E-state index contributed by atoms with van der Waals surface area (Å²) in [5.41, 5.74) is -0.561. The highest BCUT2D eigenvalue weighted by molar-refractivity contribution is 5.92. The van der Waals surface area contributed by atoms with Crippen molar-refractivity contribution in [3.8, 4) is 0 Å². The van der Waals surface area contributed by atoms with Gasteiger partial charge < -0.3 is 15.1 Å². The predicted molar refractivity (Wildman–Crippen MR) is 78.4 cm³/mol. The summed E-state index contributed by atoms with van der Waals surface area (Å²) in [5, 5.41) is 2.99. The summed E-state index contributed by atoms with van der Waals surface area (Å²) in [6.07, 6.45) is 1.80. The van der Waals surface area contributed by atoms with E-state index in [1.165, 1.54) is 0 Å². The first-order valence-electron chi connectivity index (χ1n) is 7.45. The Morgan fingerprint density at radius 3 is 2.15 bits per heavy atom. The van der Waals surface area contributed by atoms with E-state index in [1.54, 1.807) is 4.90 Å². The molecule has 0 radical (unpaired) electrons. The maximum Gasteiger partial charge on any atom is 0.318 e. The van der Waals surface area contributed by atoms with Crippen molar-refractivity contribution in [2.75, 3.05) is 6.54 Å². The van der Waals surface area contributed by atoms with Gasteiger partial charge in [-0.2, -0.15) is 0 Å². The molecule has 0 saturated carbocycles. The minimum atomic E-state index is -0.371. The SMILES string of the molecule is CC(C)(C)N1CCCC2NC(=O)N(C(C)(C)C)C2C1=O. The van der Waals surface area contributed by atoms with Crippen molar-refractivity contribution < 1.29 is 9.59 Å². The standard InChI is InChI=1S/C15H27N3O2/c1-14(2,3)17-9-7-8-10-11(12(17)19)18(13(20)16-10)15(4,5)6/h10-11H,7-9H2,1-6H3,(H,16,20). The highest BCUT2D eigenvalue weighted by Gasteiger charge is 2.51. The number of rotatable bonds is 0. The van der Waals surface area contributed by atoms with Crippen LogP contribution in [-0.2, 0) is 4.79 Å². The Morgan fingerprint density at radius 1 is 1.05 bits per heavy atom. The number of fused-ring (bicyclic) bond motifs is 1. The van der Waals surface area contributed by atoms with E-state index in [9.17, 15) is 9.59 Å². The topological polar surface area (TPSA) is 52.7 Å². The van der Waals surface area contributed by atoms with Crippen LogP contribution in [0.25, 0.3) is 0 Å². The summed E-state index contributed by atoms with van der Waals surface area (Å²) < 4.78 is 0. The number of carbonyl (C=O) groups excluding carboxylic acids is 2. The fourth-order valence-electron chi connectivity index (χ4n) is 3.25. The van der Waals surface area contributed by atoms with Crippen molar-refractivity contribution in [1.29, 1.82) is 0 Å². The third kappa shape index (κ3) is 2.50. The molecule has 20 heavy (non-hydrogen) atoms. The first-order valence-corrected chi connectivity index (χ1v) is 7.45. The van der Waals surface area contributed by atoms with Gasteiger partial charge in [0.05, 0.1) is 6.04 Å². The highest BCUT2D eigenvalue weighted by atomic mass is 16.2. The Hall–Kier alpha value is -1.26. The molecule has 5 nitrogen and oxygen atoms in total. The zero-order valence-electron chi connectivity index (χ0n) is 13.5. The summed E-state index contributed by atoms with van der Waals surface area (Å²) in [4.78, 5) is 28.9. The van der Waals surface area contributed by atoms with Gasteiger partial charge >= 0.3 is 6.03 Å². The number of urea groups is 1. The molecule has 114 valence electrons. The molecule has 5 heteroatoms. The molecule has 1 N–H and O–H groups in total. The quantitative estimate of drug-likeness (QED) is 0.738. The molecule has 2 aliphatic heterocycles. The molecule has 2 rings (SSSR count). The van der Waals surface area contributed by atoms with Crippen molar-refractivity contribution in [2.45, 2.75) is 77.5 Å². The van der Waals surface area contributed by atoms with Crippen LogP contribution in [0.3, 0.4) is 0 Å². The first-order chi connectivity index (χ1) is 9.03. The van der Waals surface area contributed by atoms with Gasteiger partial charge in [-0.15, -0.1) is 0 Å². The minimum absolute atomic E-state index is 0.0541. The number of nitrogens with zero attached hydrogens (tertiary/aromatic N) is 2. The average Bonchev–Trinajstić information content (AvgIpc) is 2.50. The van der Waals surface area contributed by atoms with E-state index >= 15 is 0 Å². The van der Waals surface area contributed by atoms with E-state index in [0.29, 0.717) is 0 Å². The summed E-state index contributed by atoms with van der Waals surface area (Å²) in [7, 11) is 0. The van der Waals surface area contributed by atoms with Crippen LogP contribution in [0.5, 0.6) is 0 Å².